The second kappa shape index (κ2) is 7.64. The van der Waals surface area contributed by atoms with Gasteiger partial charge in [-0.25, -0.2) is 4.79 Å². The number of carbonyl (C=O) groups is 3. The molecule has 108 valence electrons. The molecule has 1 aromatic carbocycles. The fraction of sp³-hybridized carbons (Fsp3) is 0.308. The summed E-state index contributed by atoms with van der Waals surface area (Å²) in [5.74, 6) is -2.80. The lowest BCUT2D eigenvalue weighted by molar-refractivity contribution is -0.143. The van der Waals surface area contributed by atoms with Gasteiger partial charge in [0.05, 0.1) is 6.42 Å². The third-order valence-corrected chi connectivity index (χ3v) is 3.03. The van der Waals surface area contributed by atoms with E-state index in [9.17, 15) is 14.4 Å². The monoisotopic (exact) mass is 343 g/mol. The smallest absolute Gasteiger partial charge is 0.326 e. The molecule has 0 aromatic heterocycles. The minimum Gasteiger partial charge on any atom is -0.481 e. The van der Waals surface area contributed by atoms with Crippen LogP contribution in [0.25, 0.3) is 0 Å². The lowest BCUT2D eigenvalue weighted by Crippen LogP contribution is -2.41. The molecule has 0 saturated carbocycles. The Hall–Kier alpha value is -1.89. The van der Waals surface area contributed by atoms with Crippen LogP contribution in [0.4, 0.5) is 0 Å². The van der Waals surface area contributed by atoms with Crippen molar-refractivity contribution in [1.29, 1.82) is 0 Å². The molecule has 20 heavy (non-hydrogen) atoms. The third kappa shape index (κ3) is 5.83. The maximum atomic E-state index is 11.7. The van der Waals surface area contributed by atoms with Crippen LogP contribution in [0.2, 0.25) is 0 Å². The van der Waals surface area contributed by atoms with Crippen LogP contribution in [0.1, 0.15) is 18.4 Å². The summed E-state index contributed by atoms with van der Waals surface area (Å²) in [5.41, 5.74) is 0.735. The van der Waals surface area contributed by atoms with E-state index in [2.05, 4.69) is 21.2 Å². The van der Waals surface area contributed by atoms with Crippen LogP contribution < -0.4 is 5.32 Å². The Kier molecular flexibility index (Phi) is 6.17. The molecule has 3 N–H and O–H groups in total. The van der Waals surface area contributed by atoms with E-state index in [-0.39, 0.29) is 19.3 Å². The molecular formula is C13H14BrNO5. The average molecular weight is 344 g/mol. The highest BCUT2D eigenvalue weighted by atomic mass is 79.9. The molecule has 1 atom stereocenters. The molecule has 0 spiro atoms. The van der Waals surface area contributed by atoms with Gasteiger partial charge in [-0.15, -0.1) is 0 Å². The van der Waals surface area contributed by atoms with Crippen molar-refractivity contribution in [3.63, 3.8) is 0 Å². The van der Waals surface area contributed by atoms with Gasteiger partial charge in [-0.3, -0.25) is 9.59 Å². The molecule has 0 aliphatic rings. The van der Waals surface area contributed by atoms with Gasteiger partial charge in [0.2, 0.25) is 5.91 Å². The number of nitrogens with one attached hydrogen (secondary N) is 1. The van der Waals surface area contributed by atoms with Gasteiger partial charge in [-0.1, -0.05) is 28.1 Å². The van der Waals surface area contributed by atoms with Crippen molar-refractivity contribution >= 4 is 33.8 Å². The van der Waals surface area contributed by atoms with Gasteiger partial charge in [-0.2, -0.15) is 0 Å². The van der Waals surface area contributed by atoms with Gasteiger partial charge in [0.25, 0.3) is 0 Å². The molecule has 1 aromatic rings. The van der Waals surface area contributed by atoms with Gasteiger partial charge in [0.1, 0.15) is 6.04 Å². The summed E-state index contributed by atoms with van der Waals surface area (Å²) in [6.07, 6.45) is -0.417. The van der Waals surface area contributed by atoms with Crippen LogP contribution in [-0.2, 0) is 20.8 Å². The zero-order valence-corrected chi connectivity index (χ0v) is 12.1. The first kappa shape index (κ1) is 16.2. The summed E-state index contributed by atoms with van der Waals surface area (Å²) in [6.45, 7) is 0. The minimum atomic E-state index is -1.24. The second-order valence-corrected chi connectivity index (χ2v) is 5.11. The molecule has 1 rings (SSSR count). The molecular weight excluding hydrogens is 330 g/mol. The fourth-order valence-electron chi connectivity index (χ4n) is 1.60. The summed E-state index contributed by atoms with van der Waals surface area (Å²) < 4.78 is 0.823. The molecule has 0 aliphatic carbocycles. The predicted octanol–water partition coefficient (Wildman–Crippen LogP) is 1.43. The van der Waals surface area contributed by atoms with E-state index in [0.717, 1.165) is 10.0 Å². The fourth-order valence-corrected chi connectivity index (χ4v) is 2.05. The van der Waals surface area contributed by atoms with Crippen molar-refractivity contribution in [2.75, 3.05) is 0 Å². The Morgan fingerprint density at radius 1 is 1.25 bits per heavy atom. The molecule has 0 unspecified atom stereocenters. The van der Waals surface area contributed by atoms with Gasteiger partial charge in [-0.05, 0) is 24.1 Å². The molecule has 7 heteroatoms. The summed E-state index contributed by atoms with van der Waals surface area (Å²) >= 11 is 3.28. The van der Waals surface area contributed by atoms with Crippen molar-refractivity contribution in [1.82, 2.24) is 5.32 Å². The van der Waals surface area contributed by atoms with E-state index in [4.69, 9.17) is 10.2 Å². The zero-order valence-electron chi connectivity index (χ0n) is 10.5. The van der Waals surface area contributed by atoms with Crippen molar-refractivity contribution < 1.29 is 24.6 Å². The molecule has 0 saturated heterocycles. The van der Waals surface area contributed by atoms with Gasteiger partial charge in [0.15, 0.2) is 0 Å². The number of carbonyl (C=O) groups excluding carboxylic acids is 1. The SMILES string of the molecule is O=C(O)CC[C@H](NC(=O)Cc1cccc(Br)c1)C(=O)O. The Morgan fingerprint density at radius 2 is 1.95 bits per heavy atom. The van der Waals surface area contributed by atoms with Crippen LogP contribution in [0.5, 0.6) is 0 Å². The van der Waals surface area contributed by atoms with Crippen molar-refractivity contribution in [2.45, 2.75) is 25.3 Å². The second-order valence-electron chi connectivity index (χ2n) is 4.20. The maximum Gasteiger partial charge on any atom is 0.326 e. The standard InChI is InChI=1S/C13H14BrNO5/c14-9-3-1-2-8(6-9)7-11(16)15-10(13(19)20)4-5-12(17)18/h1-3,6,10H,4-5,7H2,(H,15,16)(H,17,18)(H,19,20)/t10-/m0/s1. The first-order chi connectivity index (χ1) is 9.38. The van der Waals surface area contributed by atoms with Crippen LogP contribution in [-0.4, -0.2) is 34.1 Å². The molecule has 1 amide bonds. The summed E-state index contributed by atoms with van der Waals surface area (Å²) in [6, 6.07) is 5.90. The Labute approximate surface area is 123 Å². The number of carboxylic acid groups (broad SMARTS) is 2. The first-order valence-electron chi connectivity index (χ1n) is 5.87. The number of aliphatic carboxylic acids is 2. The Balaban J connectivity index is 2.57. The highest BCUT2D eigenvalue weighted by Crippen LogP contribution is 2.12. The summed E-state index contributed by atoms with van der Waals surface area (Å²) in [5, 5.41) is 19.8. The highest BCUT2D eigenvalue weighted by Gasteiger charge is 2.20. The number of rotatable bonds is 7. The number of halogens is 1. The number of carboxylic acids is 2. The quantitative estimate of drug-likeness (QED) is 0.694. The van der Waals surface area contributed by atoms with E-state index in [1.165, 1.54) is 0 Å². The molecule has 0 fully saturated rings. The van der Waals surface area contributed by atoms with E-state index >= 15 is 0 Å². The number of amides is 1. The van der Waals surface area contributed by atoms with Gasteiger partial charge < -0.3 is 15.5 Å². The summed E-state index contributed by atoms with van der Waals surface area (Å²) in [7, 11) is 0. The number of hydrogen-bond acceptors (Lipinski definition) is 3. The van der Waals surface area contributed by atoms with E-state index in [1.54, 1.807) is 18.2 Å². The largest absolute Gasteiger partial charge is 0.481 e. The molecule has 0 radical (unpaired) electrons. The molecule has 6 nitrogen and oxygen atoms in total. The number of benzene rings is 1. The Morgan fingerprint density at radius 3 is 2.50 bits per heavy atom. The topological polar surface area (TPSA) is 104 Å². The normalized spacial score (nSPS) is 11.7. The lowest BCUT2D eigenvalue weighted by atomic mass is 10.1. The lowest BCUT2D eigenvalue weighted by Gasteiger charge is -2.13. The van der Waals surface area contributed by atoms with Crippen LogP contribution in [0.3, 0.4) is 0 Å². The minimum absolute atomic E-state index is 0.0380. The van der Waals surface area contributed by atoms with E-state index in [1.807, 2.05) is 6.07 Å². The Bertz CT molecular complexity index is 517. The summed E-state index contributed by atoms with van der Waals surface area (Å²) in [4.78, 5) is 33.1. The van der Waals surface area contributed by atoms with Gasteiger partial charge >= 0.3 is 11.9 Å². The predicted molar refractivity (Wildman–Crippen MR) is 74.3 cm³/mol. The molecule has 0 heterocycles. The van der Waals surface area contributed by atoms with E-state index in [0.29, 0.717) is 0 Å². The first-order valence-corrected chi connectivity index (χ1v) is 6.66. The van der Waals surface area contributed by atoms with Crippen molar-refractivity contribution in [2.24, 2.45) is 0 Å². The number of hydrogen-bond donors (Lipinski definition) is 3. The van der Waals surface area contributed by atoms with Crippen LogP contribution >= 0.6 is 15.9 Å². The maximum absolute atomic E-state index is 11.7. The van der Waals surface area contributed by atoms with Crippen molar-refractivity contribution in [3.8, 4) is 0 Å². The van der Waals surface area contributed by atoms with Crippen molar-refractivity contribution in [3.05, 3.63) is 34.3 Å². The zero-order chi connectivity index (χ0) is 15.1. The average Bonchev–Trinajstić information content (AvgIpc) is 2.33. The third-order valence-electron chi connectivity index (χ3n) is 2.53. The highest BCUT2D eigenvalue weighted by molar-refractivity contribution is 9.10. The van der Waals surface area contributed by atoms with Crippen LogP contribution in [0.15, 0.2) is 28.7 Å². The molecule has 0 bridgehead atoms. The van der Waals surface area contributed by atoms with Crippen LogP contribution in [0, 0.1) is 0 Å². The van der Waals surface area contributed by atoms with E-state index < -0.39 is 23.9 Å². The van der Waals surface area contributed by atoms with Gasteiger partial charge in [0, 0.05) is 10.9 Å². The molecule has 0 aliphatic heterocycles.